The molecule has 0 bridgehead atoms. The third kappa shape index (κ3) is 5.50. The molecule has 1 aliphatic rings. The minimum absolute atomic E-state index is 0.165. The lowest BCUT2D eigenvalue weighted by molar-refractivity contribution is -0.150. The first kappa shape index (κ1) is 17.6. The van der Waals surface area contributed by atoms with E-state index in [0.29, 0.717) is 6.61 Å². The van der Waals surface area contributed by atoms with Crippen LogP contribution in [0.25, 0.3) is 0 Å². The molecule has 0 saturated carbocycles. The summed E-state index contributed by atoms with van der Waals surface area (Å²) in [6, 6.07) is 0. The van der Waals surface area contributed by atoms with Gasteiger partial charge in [-0.2, -0.15) is 0 Å². The fraction of sp³-hybridized carbons (Fsp3) is 0.929. The van der Waals surface area contributed by atoms with Crippen molar-refractivity contribution in [3.63, 3.8) is 0 Å². The topological polar surface area (TPSA) is 58.6 Å². The molecule has 1 aliphatic heterocycles. The first-order valence-corrected chi connectivity index (χ1v) is 9.00. The van der Waals surface area contributed by atoms with E-state index in [9.17, 15) is 9.00 Å². The van der Waals surface area contributed by atoms with Gasteiger partial charge in [-0.15, -0.1) is 0 Å². The summed E-state index contributed by atoms with van der Waals surface area (Å²) in [4.78, 5) is 14.4. The molecule has 1 fully saturated rings. The van der Waals surface area contributed by atoms with Gasteiger partial charge in [0.25, 0.3) is 0 Å². The van der Waals surface area contributed by atoms with E-state index in [4.69, 9.17) is 4.74 Å². The average molecular weight is 304 g/mol. The highest BCUT2D eigenvalue weighted by Crippen LogP contribution is 2.16. The number of likely N-dealkylation sites (N-methyl/N-ethyl adjacent to an activating group) is 1. The number of ether oxygens (including phenoxy) is 1. The number of nitrogens with zero attached hydrogens (tertiary/aromatic N) is 1. The second-order valence-electron chi connectivity index (χ2n) is 5.38. The van der Waals surface area contributed by atoms with Gasteiger partial charge in [0.2, 0.25) is 0 Å². The highest BCUT2D eigenvalue weighted by Gasteiger charge is 2.33. The smallest absolute Gasteiger partial charge is 0.326 e. The van der Waals surface area contributed by atoms with Crippen LogP contribution in [0.3, 0.4) is 0 Å². The molecular formula is C14H28N2O3S. The van der Waals surface area contributed by atoms with Crippen LogP contribution in [0, 0.1) is 0 Å². The Morgan fingerprint density at radius 3 is 2.55 bits per heavy atom. The minimum atomic E-state index is -0.625. The SMILES string of the molecule is CCNC(C)(CCCN1CCS(=O)CC1)C(=O)OCC. The molecule has 0 radical (unpaired) electrons. The van der Waals surface area contributed by atoms with Crippen molar-refractivity contribution in [2.24, 2.45) is 0 Å². The van der Waals surface area contributed by atoms with Crippen LogP contribution < -0.4 is 5.32 Å². The maximum atomic E-state index is 12.0. The third-order valence-corrected chi connectivity index (χ3v) is 4.99. The summed E-state index contributed by atoms with van der Waals surface area (Å²) in [5.41, 5.74) is -0.594. The predicted molar refractivity (Wildman–Crippen MR) is 82.3 cm³/mol. The van der Waals surface area contributed by atoms with Gasteiger partial charge in [0.1, 0.15) is 5.54 Å². The lowest BCUT2D eigenvalue weighted by Crippen LogP contribution is -2.51. The van der Waals surface area contributed by atoms with Gasteiger partial charge in [0.15, 0.2) is 0 Å². The fourth-order valence-corrected chi connectivity index (χ4v) is 3.63. The fourth-order valence-electron chi connectivity index (χ4n) is 2.50. The first-order chi connectivity index (χ1) is 9.51. The molecule has 0 aliphatic carbocycles. The summed E-state index contributed by atoms with van der Waals surface area (Å²) in [6.07, 6.45) is 1.70. The number of hydrogen-bond donors (Lipinski definition) is 1. The number of hydrogen-bond acceptors (Lipinski definition) is 5. The summed E-state index contributed by atoms with van der Waals surface area (Å²) in [7, 11) is -0.625. The van der Waals surface area contributed by atoms with E-state index in [-0.39, 0.29) is 5.97 Å². The lowest BCUT2D eigenvalue weighted by atomic mass is 9.95. The zero-order chi connectivity index (χ0) is 15.0. The third-order valence-electron chi connectivity index (χ3n) is 3.71. The standard InChI is InChI=1S/C14H28N2O3S/c1-4-15-14(3,13(17)19-5-2)7-6-8-16-9-11-20(18)12-10-16/h15H,4-12H2,1-3H3. The van der Waals surface area contributed by atoms with Gasteiger partial charge in [-0.1, -0.05) is 6.92 Å². The minimum Gasteiger partial charge on any atom is -0.465 e. The van der Waals surface area contributed by atoms with Crippen LogP contribution in [0.4, 0.5) is 0 Å². The van der Waals surface area contributed by atoms with Gasteiger partial charge in [0.05, 0.1) is 6.61 Å². The van der Waals surface area contributed by atoms with Gasteiger partial charge in [0, 0.05) is 35.4 Å². The average Bonchev–Trinajstić information content (AvgIpc) is 2.41. The Kier molecular flexibility index (Phi) is 7.69. The number of esters is 1. The Morgan fingerprint density at radius 2 is 2.00 bits per heavy atom. The largest absolute Gasteiger partial charge is 0.465 e. The van der Waals surface area contributed by atoms with E-state index in [2.05, 4.69) is 10.2 Å². The molecule has 1 unspecified atom stereocenters. The zero-order valence-electron chi connectivity index (χ0n) is 12.9. The Hall–Kier alpha value is -0.460. The van der Waals surface area contributed by atoms with Crippen molar-refractivity contribution in [2.45, 2.75) is 39.2 Å². The van der Waals surface area contributed by atoms with Gasteiger partial charge in [-0.25, -0.2) is 0 Å². The van der Waals surface area contributed by atoms with Crippen molar-refractivity contribution in [3.8, 4) is 0 Å². The van der Waals surface area contributed by atoms with Crippen molar-refractivity contribution in [3.05, 3.63) is 0 Å². The number of carbonyl (C=O) groups is 1. The lowest BCUT2D eigenvalue weighted by Gasteiger charge is -2.30. The maximum Gasteiger partial charge on any atom is 0.326 e. The molecule has 1 rings (SSSR count). The highest BCUT2D eigenvalue weighted by atomic mass is 32.2. The molecule has 20 heavy (non-hydrogen) atoms. The maximum absolute atomic E-state index is 12.0. The monoisotopic (exact) mass is 304 g/mol. The number of nitrogens with one attached hydrogen (secondary N) is 1. The molecule has 118 valence electrons. The van der Waals surface area contributed by atoms with E-state index >= 15 is 0 Å². The predicted octanol–water partition coefficient (Wildman–Crippen LogP) is 0.762. The van der Waals surface area contributed by atoms with Crippen LogP contribution in [-0.4, -0.2) is 64.9 Å². The molecule has 1 saturated heterocycles. The molecule has 1 N–H and O–H groups in total. The molecule has 0 amide bonds. The van der Waals surface area contributed by atoms with Gasteiger partial charge in [-0.05, 0) is 39.8 Å². The van der Waals surface area contributed by atoms with E-state index in [1.165, 1.54) is 0 Å². The molecule has 5 nitrogen and oxygen atoms in total. The summed E-state index contributed by atoms with van der Waals surface area (Å²) in [6.45, 7) is 9.68. The van der Waals surface area contributed by atoms with Crippen LogP contribution in [0.1, 0.15) is 33.6 Å². The van der Waals surface area contributed by atoms with E-state index in [0.717, 1.165) is 50.5 Å². The zero-order valence-corrected chi connectivity index (χ0v) is 13.8. The van der Waals surface area contributed by atoms with Crippen LogP contribution in [0.2, 0.25) is 0 Å². The molecule has 0 aromatic heterocycles. The molecular weight excluding hydrogens is 276 g/mol. The van der Waals surface area contributed by atoms with E-state index < -0.39 is 16.3 Å². The van der Waals surface area contributed by atoms with Crippen molar-refractivity contribution >= 4 is 16.8 Å². The van der Waals surface area contributed by atoms with Gasteiger partial charge < -0.3 is 15.0 Å². The quantitative estimate of drug-likeness (QED) is 0.671. The molecule has 0 aromatic rings. The Labute approximate surface area is 124 Å². The van der Waals surface area contributed by atoms with E-state index in [1.807, 2.05) is 20.8 Å². The molecule has 1 atom stereocenters. The van der Waals surface area contributed by atoms with Crippen molar-refractivity contribution in [1.82, 2.24) is 10.2 Å². The Morgan fingerprint density at radius 1 is 1.35 bits per heavy atom. The summed E-state index contributed by atoms with van der Waals surface area (Å²) in [5.74, 6) is 1.40. The molecule has 1 heterocycles. The summed E-state index contributed by atoms with van der Waals surface area (Å²) in [5, 5.41) is 3.25. The van der Waals surface area contributed by atoms with Crippen LogP contribution >= 0.6 is 0 Å². The Balaban J connectivity index is 2.38. The molecule has 0 aromatic carbocycles. The van der Waals surface area contributed by atoms with Gasteiger partial charge >= 0.3 is 5.97 Å². The summed E-state index contributed by atoms with van der Waals surface area (Å²) < 4.78 is 16.5. The van der Waals surface area contributed by atoms with Crippen LogP contribution in [-0.2, 0) is 20.3 Å². The van der Waals surface area contributed by atoms with Crippen LogP contribution in [0.15, 0.2) is 0 Å². The van der Waals surface area contributed by atoms with Crippen molar-refractivity contribution < 1.29 is 13.7 Å². The second-order valence-corrected chi connectivity index (χ2v) is 7.07. The van der Waals surface area contributed by atoms with Crippen LogP contribution in [0.5, 0.6) is 0 Å². The normalized spacial score (nSPS) is 20.6. The van der Waals surface area contributed by atoms with Crippen molar-refractivity contribution in [1.29, 1.82) is 0 Å². The highest BCUT2D eigenvalue weighted by molar-refractivity contribution is 7.85. The Bertz CT molecular complexity index is 328. The second kappa shape index (κ2) is 8.74. The van der Waals surface area contributed by atoms with Gasteiger partial charge in [-0.3, -0.25) is 9.00 Å². The molecule has 0 spiro atoms. The first-order valence-electron chi connectivity index (χ1n) is 7.51. The van der Waals surface area contributed by atoms with Crippen molar-refractivity contribution in [2.75, 3.05) is 44.3 Å². The number of carbonyl (C=O) groups excluding carboxylic acids is 1. The number of rotatable bonds is 8. The van der Waals surface area contributed by atoms with E-state index in [1.54, 1.807) is 0 Å². The summed E-state index contributed by atoms with van der Waals surface area (Å²) >= 11 is 0. The molecule has 6 heteroatoms.